The molecule has 1 amide bonds. The number of ether oxygens (including phenoxy) is 2. The summed E-state index contributed by atoms with van der Waals surface area (Å²) in [5.41, 5.74) is 0.462. The van der Waals surface area contributed by atoms with Gasteiger partial charge in [-0.15, -0.1) is 0 Å². The van der Waals surface area contributed by atoms with Crippen LogP contribution in [0.15, 0.2) is 42.6 Å². The molecule has 1 unspecified atom stereocenters. The van der Waals surface area contributed by atoms with Crippen LogP contribution in [0, 0.1) is 5.92 Å². The summed E-state index contributed by atoms with van der Waals surface area (Å²) in [4.78, 5) is 27.1. The molecule has 0 saturated heterocycles. The molecule has 7 nitrogen and oxygen atoms in total. The van der Waals surface area contributed by atoms with Crippen molar-refractivity contribution in [2.75, 3.05) is 18.5 Å². The van der Waals surface area contributed by atoms with Crippen molar-refractivity contribution < 1.29 is 24.2 Å². The van der Waals surface area contributed by atoms with Gasteiger partial charge in [-0.3, -0.25) is 4.79 Å². The number of pyridine rings is 1. The molecular formula is C20H24N2O5. The van der Waals surface area contributed by atoms with E-state index in [1.807, 2.05) is 6.92 Å². The van der Waals surface area contributed by atoms with Gasteiger partial charge < -0.3 is 19.9 Å². The number of carbonyl (C=O) groups is 2. The molecule has 0 radical (unpaired) electrons. The van der Waals surface area contributed by atoms with Crippen LogP contribution in [0.2, 0.25) is 0 Å². The van der Waals surface area contributed by atoms with Gasteiger partial charge in [0, 0.05) is 18.4 Å². The number of carboxylic acid groups (broad SMARTS) is 1. The minimum atomic E-state index is -1.07. The van der Waals surface area contributed by atoms with E-state index in [9.17, 15) is 9.59 Å². The van der Waals surface area contributed by atoms with E-state index in [1.54, 1.807) is 24.3 Å². The average molecular weight is 372 g/mol. The Hall–Kier alpha value is -2.93. The number of hydrogen-bond donors (Lipinski definition) is 2. The molecular weight excluding hydrogens is 348 g/mol. The minimum Gasteiger partial charge on any atom is -0.488 e. The maximum Gasteiger partial charge on any atom is 0.337 e. The first-order valence-corrected chi connectivity index (χ1v) is 8.70. The number of aromatic nitrogens is 1. The number of carboxylic acids is 1. The van der Waals surface area contributed by atoms with Gasteiger partial charge in [0.1, 0.15) is 17.7 Å². The standard InChI is InChI=1S/C20H24N2O5/c1-13(2)11-26-12-14(3)27-17-6-4-5-15(9-17)19(23)22-18-8-7-16(10-21-18)20(24)25/h4-10,13-14H,11-12H2,1-3H3,(H,24,25)(H,21,22,23). The van der Waals surface area contributed by atoms with Crippen LogP contribution in [0.1, 0.15) is 41.5 Å². The first kappa shape index (κ1) is 20.4. The van der Waals surface area contributed by atoms with Crippen LogP contribution >= 0.6 is 0 Å². The lowest BCUT2D eigenvalue weighted by atomic mass is 10.2. The Morgan fingerprint density at radius 1 is 1.11 bits per heavy atom. The number of anilines is 1. The molecule has 2 aromatic rings. The van der Waals surface area contributed by atoms with Crippen LogP contribution in [0.3, 0.4) is 0 Å². The monoisotopic (exact) mass is 372 g/mol. The number of nitrogens with zero attached hydrogens (tertiary/aromatic N) is 1. The summed E-state index contributed by atoms with van der Waals surface area (Å²) in [7, 11) is 0. The van der Waals surface area contributed by atoms with E-state index in [-0.39, 0.29) is 23.4 Å². The predicted molar refractivity (Wildman–Crippen MR) is 101 cm³/mol. The van der Waals surface area contributed by atoms with Crippen molar-refractivity contribution in [3.05, 3.63) is 53.7 Å². The molecule has 1 heterocycles. The second-order valence-electron chi connectivity index (χ2n) is 6.58. The quantitative estimate of drug-likeness (QED) is 0.699. The molecule has 0 aliphatic rings. The fourth-order valence-electron chi connectivity index (χ4n) is 2.23. The van der Waals surface area contributed by atoms with Crippen LogP contribution in [0.4, 0.5) is 5.82 Å². The average Bonchev–Trinajstić information content (AvgIpc) is 2.62. The second kappa shape index (κ2) is 9.68. The highest BCUT2D eigenvalue weighted by Crippen LogP contribution is 2.16. The lowest BCUT2D eigenvalue weighted by Gasteiger charge is -2.16. The van der Waals surface area contributed by atoms with Crippen molar-refractivity contribution in [2.24, 2.45) is 5.92 Å². The van der Waals surface area contributed by atoms with Crippen molar-refractivity contribution in [2.45, 2.75) is 26.9 Å². The van der Waals surface area contributed by atoms with Crippen molar-refractivity contribution >= 4 is 17.7 Å². The zero-order chi connectivity index (χ0) is 19.8. The number of rotatable bonds is 9. The fourth-order valence-corrected chi connectivity index (χ4v) is 2.23. The molecule has 0 spiro atoms. The van der Waals surface area contributed by atoms with Gasteiger partial charge in [0.25, 0.3) is 5.91 Å². The second-order valence-corrected chi connectivity index (χ2v) is 6.58. The van der Waals surface area contributed by atoms with Crippen molar-refractivity contribution in [1.82, 2.24) is 4.98 Å². The topological polar surface area (TPSA) is 97.8 Å². The predicted octanol–water partition coefficient (Wildman–Crippen LogP) is 3.47. The number of nitrogens with one attached hydrogen (secondary N) is 1. The van der Waals surface area contributed by atoms with Gasteiger partial charge in [-0.05, 0) is 43.2 Å². The third-order valence-electron chi connectivity index (χ3n) is 3.49. The zero-order valence-corrected chi connectivity index (χ0v) is 15.6. The Morgan fingerprint density at radius 2 is 1.89 bits per heavy atom. The SMILES string of the molecule is CC(C)COCC(C)Oc1cccc(C(=O)Nc2ccc(C(=O)O)cn2)c1. The minimum absolute atomic E-state index is 0.0528. The first-order valence-electron chi connectivity index (χ1n) is 8.70. The molecule has 0 aliphatic carbocycles. The van der Waals surface area contributed by atoms with E-state index in [0.717, 1.165) is 0 Å². The molecule has 27 heavy (non-hydrogen) atoms. The normalized spacial score (nSPS) is 11.9. The molecule has 1 aromatic heterocycles. The lowest BCUT2D eigenvalue weighted by Crippen LogP contribution is -2.21. The van der Waals surface area contributed by atoms with Crippen LogP contribution in [0.25, 0.3) is 0 Å². The Balaban J connectivity index is 1.95. The molecule has 2 N–H and O–H groups in total. The Bertz CT molecular complexity index is 774. The Labute approximate surface area is 158 Å². The first-order chi connectivity index (χ1) is 12.8. The summed E-state index contributed by atoms with van der Waals surface area (Å²) in [6.45, 7) is 7.20. The van der Waals surface area contributed by atoms with Gasteiger partial charge in [-0.25, -0.2) is 9.78 Å². The molecule has 0 saturated carbocycles. The highest BCUT2D eigenvalue weighted by atomic mass is 16.5. The Kier molecular flexibility index (Phi) is 7.31. The summed E-state index contributed by atoms with van der Waals surface area (Å²) >= 11 is 0. The van der Waals surface area contributed by atoms with Gasteiger partial charge in [0.05, 0.1) is 12.2 Å². The maximum absolute atomic E-state index is 12.4. The van der Waals surface area contributed by atoms with Gasteiger partial charge in [0.2, 0.25) is 0 Å². The summed E-state index contributed by atoms with van der Waals surface area (Å²) in [6.07, 6.45) is 1.04. The molecule has 0 fully saturated rings. The van der Waals surface area contributed by atoms with Gasteiger partial charge in [0.15, 0.2) is 0 Å². The number of benzene rings is 1. The summed E-state index contributed by atoms with van der Waals surface area (Å²) < 4.78 is 11.4. The molecule has 7 heteroatoms. The largest absolute Gasteiger partial charge is 0.488 e. The molecule has 0 bridgehead atoms. The van der Waals surface area contributed by atoms with E-state index in [2.05, 4.69) is 24.1 Å². The van der Waals surface area contributed by atoms with E-state index < -0.39 is 5.97 Å². The van der Waals surface area contributed by atoms with Gasteiger partial charge in [-0.2, -0.15) is 0 Å². The number of hydrogen-bond acceptors (Lipinski definition) is 5. The van der Waals surface area contributed by atoms with E-state index >= 15 is 0 Å². The van der Waals surface area contributed by atoms with E-state index in [0.29, 0.717) is 30.4 Å². The third kappa shape index (κ3) is 6.71. The maximum atomic E-state index is 12.4. The third-order valence-corrected chi connectivity index (χ3v) is 3.49. The van der Waals surface area contributed by atoms with Crippen LogP contribution < -0.4 is 10.1 Å². The molecule has 144 valence electrons. The fraction of sp³-hybridized carbons (Fsp3) is 0.350. The van der Waals surface area contributed by atoms with Crippen LogP contribution in [-0.4, -0.2) is 41.3 Å². The number of carbonyl (C=O) groups excluding carboxylic acids is 1. The molecule has 1 atom stereocenters. The molecule has 2 rings (SSSR count). The van der Waals surface area contributed by atoms with Crippen molar-refractivity contribution in [3.8, 4) is 5.75 Å². The Morgan fingerprint density at radius 3 is 2.52 bits per heavy atom. The summed E-state index contributed by atoms with van der Waals surface area (Å²) in [5.74, 6) is -0.136. The highest BCUT2D eigenvalue weighted by Gasteiger charge is 2.11. The number of amides is 1. The highest BCUT2D eigenvalue weighted by molar-refractivity contribution is 6.04. The van der Waals surface area contributed by atoms with Gasteiger partial charge >= 0.3 is 5.97 Å². The molecule has 1 aromatic carbocycles. The van der Waals surface area contributed by atoms with E-state index in [1.165, 1.54) is 18.3 Å². The van der Waals surface area contributed by atoms with Crippen molar-refractivity contribution in [3.63, 3.8) is 0 Å². The van der Waals surface area contributed by atoms with Crippen molar-refractivity contribution in [1.29, 1.82) is 0 Å². The summed E-state index contributed by atoms with van der Waals surface area (Å²) in [6, 6.07) is 9.62. The zero-order valence-electron chi connectivity index (χ0n) is 15.6. The van der Waals surface area contributed by atoms with Crippen LogP contribution in [-0.2, 0) is 4.74 Å². The molecule has 0 aliphatic heterocycles. The number of aromatic carboxylic acids is 1. The smallest absolute Gasteiger partial charge is 0.337 e. The summed E-state index contributed by atoms with van der Waals surface area (Å²) in [5, 5.41) is 11.5. The van der Waals surface area contributed by atoms with Gasteiger partial charge in [-0.1, -0.05) is 19.9 Å². The van der Waals surface area contributed by atoms with E-state index in [4.69, 9.17) is 14.6 Å². The lowest BCUT2D eigenvalue weighted by molar-refractivity contribution is 0.0453. The van der Waals surface area contributed by atoms with Crippen LogP contribution in [0.5, 0.6) is 5.75 Å².